The van der Waals surface area contributed by atoms with Crippen LogP contribution in [-0.2, 0) is 14.3 Å². The van der Waals surface area contributed by atoms with Crippen molar-refractivity contribution in [2.24, 2.45) is 0 Å². The molecule has 0 radical (unpaired) electrons. The molecule has 0 unspecified atom stereocenters. The zero-order chi connectivity index (χ0) is 6.53. The van der Waals surface area contributed by atoms with Crippen molar-refractivity contribution in [3.8, 4) is 0 Å². The van der Waals surface area contributed by atoms with Crippen molar-refractivity contribution >= 4 is 6.29 Å². The highest BCUT2D eigenvalue weighted by Gasteiger charge is 2.10. The van der Waals surface area contributed by atoms with Gasteiger partial charge in [0.15, 0.2) is 0 Å². The van der Waals surface area contributed by atoms with Gasteiger partial charge in [-0.05, 0) is 0 Å². The summed E-state index contributed by atoms with van der Waals surface area (Å²) in [6.45, 7) is 0. The first-order valence-corrected chi connectivity index (χ1v) is 2.83. The van der Waals surface area contributed by atoms with Crippen molar-refractivity contribution in [3.05, 3.63) is 12.5 Å². The van der Waals surface area contributed by atoms with E-state index in [0.717, 1.165) is 6.29 Å². The van der Waals surface area contributed by atoms with E-state index in [2.05, 4.69) is 0 Å². The Labute approximate surface area is 53.3 Å². The molecule has 0 atom stereocenters. The summed E-state index contributed by atoms with van der Waals surface area (Å²) >= 11 is 0. The molecule has 1 aliphatic heterocycles. The smallest absolute Gasteiger partial charge is 0.240 e. The maximum atomic E-state index is 9.83. The minimum absolute atomic E-state index is 0.227. The fraction of sp³-hybridized carbons (Fsp3) is 0.500. The van der Waals surface area contributed by atoms with Gasteiger partial charge in [0.25, 0.3) is 0 Å². The van der Waals surface area contributed by atoms with Crippen LogP contribution >= 0.6 is 0 Å². The quantitative estimate of drug-likeness (QED) is 0.527. The summed E-state index contributed by atoms with van der Waals surface area (Å²) < 4.78 is 9.79. The van der Waals surface area contributed by atoms with Gasteiger partial charge in [-0.25, -0.2) is 0 Å². The third-order valence-electron chi connectivity index (χ3n) is 1.04. The Balaban J connectivity index is 2.07. The minimum atomic E-state index is -0.227. The molecule has 3 heteroatoms. The van der Waals surface area contributed by atoms with Crippen LogP contribution in [0.25, 0.3) is 0 Å². The van der Waals surface area contributed by atoms with Gasteiger partial charge in [0.1, 0.15) is 18.8 Å². The summed E-state index contributed by atoms with van der Waals surface area (Å²) in [6, 6.07) is 0. The molecule has 0 N–H and O–H groups in total. The zero-order valence-electron chi connectivity index (χ0n) is 4.95. The van der Waals surface area contributed by atoms with E-state index in [4.69, 9.17) is 9.47 Å². The predicted molar refractivity (Wildman–Crippen MR) is 30.4 cm³/mol. The van der Waals surface area contributed by atoms with Crippen LogP contribution in [0.15, 0.2) is 12.5 Å². The molecule has 0 saturated carbocycles. The molecule has 3 nitrogen and oxygen atoms in total. The van der Waals surface area contributed by atoms with E-state index in [-0.39, 0.29) is 6.29 Å². The van der Waals surface area contributed by atoms with Crippen molar-refractivity contribution in [2.45, 2.75) is 19.1 Å². The van der Waals surface area contributed by atoms with E-state index in [0.29, 0.717) is 12.8 Å². The Morgan fingerprint density at radius 2 is 2.11 bits per heavy atom. The third-order valence-corrected chi connectivity index (χ3v) is 1.04. The Morgan fingerprint density at radius 1 is 1.44 bits per heavy atom. The van der Waals surface area contributed by atoms with Gasteiger partial charge in [0.05, 0.1) is 0 Å². The van der Waals surface area contributed by atoms with E-state index in [1.807, 2.05) is 0 Å². The summed E-state index contributed by atoms with van der Waals surface area (Å²) in [6.07, 6.45) is 4.72. The number of carbonyl (C=O) groups excluding carboxylic acids is 1. The fourth-order valence-corrected chi connectivity index (χ4v) is 0.612. The second-order valence-corrected chi connectivity index (χ2v) is 1.72. The SMILES string of the molecule is O=CCCC1OC=CO1. The van der Waals surface area contributed by atoms with Crippen LogP contribution < -0.4 is 0 Å². The molecular weight excluding hydrogens is 120 g/mol. The predicted octanol–water partition coefficient (Wildman–Crippen LogP) is 0.810. The van der Waals surface area contributed by atoms with Crippen molar-refractivity contribution < 1.29 is 14.3 Å². The monoisotopic (exact) mass is 128 g/mol. The van der Waals surface area contributed by atoms with Crippen molar-refractivity contribution in [2.75, 3.05) is 0 Å². The first kappa shape index (κ1) is 6.13. The van der Waals surface area contributed by atoms with Crippen LogP contribution in [0.5, 0.6) is 0 Å². The average molecular weight is 128 g/mol. The van der Waals surface area contributed by atoms with Gasteiger partial charge in [-0.15, -0.1) is 0 Å². The van der Waals surface area contributed by atoms with Crippen LogP contribution in [0, 0.1) is 0 Å². The van der Waals surface area contributed by atoms with Gasteiger partial charge in [-0.1, -0.05) is 0 Å². The topological polar surface area (TPSA) is 35.5 Å². The highest BCUT2D eigenvalue weighted by molar-refractivity contribution is 5.49. The van der Waals surface area contributed by atoms with Gasteiger partial charge >= 0.3 is 0 Å². The standard InChI is InChI=1S/C6H8O3/c7-3-1-2-6-8-4-5-9-6/h3-6H,1-2H2. The summed E-state index contributed by atoms with van der Waals surface area (Å²) in [4.78, 5) is 9.83. The molecule has 0 saturated heterocycles. The van der Waals surface area contributed by atoms with Gasteiger partial charge in [0, 0.05) is 12.8 Å². The highest BCUT2D eigenvalue weighted by Crippen LogP contribution is 2.09. The number of ether oxygens (including phenoxy) is 2. The fourth-order valence-electron chi connectivity index (χ4n) is 0.612. The maximum absolute atomic E-state index is 9.83. The van der Waals surface area contributed by atoms with Crippen LogP contribution in [0.1, 0.15) is 12.8 Å². The van der Waals surface area contributed by atoms with Crippen molar-refractivity contribution in [1.29, 1.82) is 0 Å². The lowest BCUT2D eigenvalue weighted by molar-refractivity contribution is -0.109. The number of hydrogen-bond donors (Lipinski definition) is 0. The molecule has 0 aliphatic carbocycles. The molecule has 0 amide bonds. The van der Waals surface area contributed by atoms with Gasteiger partial charge < -0.3 is 14.3 Å². The molecule has 0 fully saturated rings. The zero-order valence-corrected chi connectivity index (χ0v) is 4.95. The molecule has 0 aromatic rings. The number of aldehydes is 1. The number of rotatable bonds is 3. The normalized spacial score (nSPS) is 16.9. The summed E-state index contributed by atoms with van der Waals surface area (Å²) in [5.41, 5.74) is 0. The van der Waals surface area contributed by atoms with E-state index < -0.39 is 0 Å². The number of carbonyl (C=O) groups is 1. The van der Waals surface area contributed by atoms with Crippen LogP contribution in [-0.4, -0.2) is 12.6 Å². The van der Waals surface area contributed by atoms with E-state index in [9.17, 15) is 4.79 Å². The first-order valence-electron chi connectivity index (χ1n) is 2.83. The van der Waals surface area contributed by atoms with E-state index in [1.165, 1.54) is 12.5 Å². The maximum Gasteiger partial charge on any atom is 0.240 e. The molecule has 1 heterocycles. The summed E-state index contributed by atoms with van der Waals surface area (Å²) in [7, 11) is 0. The Hall–Kier alpha value is -0.990. The third kappa shape index (κ3) is 1.76. The highest BCUT2D eigenvalue weighted by atomic mass is 16.7. The molecule has 0 aromatic carbocycles. The van der Waals surface area contributed by atoms with Gasteiger partial charge in [-0.2, -0.15) is 0 Å². The van der Waals surface area contributed by atoms with Crippen molar-refractivity contribution in [1.82, 2.24) is 0 Å². The summed E-state index contributed by atoms with van der Waals surface area (Å²) in [5.74, 6) is 0. The molecule has 0 aromatic heterocycles. The molecule has 1 aliphatic rings. The van der Waals surface area contributed by atoms with Crippen LogP contribution in [0.3, 0.4) is 0 Å². The molecular formula is C6H8O3. The minimum Gasteiger partial charge on any atom is -0.459 e. The largest absolute Gasteiger partial charge is 0.459 e. The Kier molecular flexibility index (Phi) is 2.13. The lowest BCUT2D eigenvalue weighted by atomic mass is 10.3. The van der Waals surface area contributed by atoms with Gasteiger partial charge in [-0.3, -0.25) is 0 Å². The van der Waals surface area contributed by atoms with Crippen LogP contribution in [0.4, 0.5) is 0 Å². The van der Waals surface area contributed by atoms with Crippen molar-refractivity contribution in [3.63, 3.8) is 0 Å². The second kappa shape index (κ2) is 3.12. The van der Waals surface area contributed by atoms with Gasteiger partial charge in [0.2, 0.25) is 6.29 Å². The first-order chi connectivity index (χ1) is 4.43. The summed E-state index contributed by atoms with van der Waals surface area (Å²) in [5, 5.41) is 0. The molecule has 1 rings (SSSR count). The lowest BCUT2D eigenvalue weighted by Crippen LogP contribution is -2.06. The Bertz CT molecular complexity index is 111. The van der Waals surface area contributed by atoms with E-state index >= 15 is 0 Å². The molecule has 50 valence electrons. The molecule has 0 bridgehead atoms. The number of hydrogen-bond acceptors (Lipinski definition) is 3. The van der Waals surface area contributed by atoms with E-state index in [1.54, 1.807) is 0 Å². The average Bonchev–Trinajstić information content (AvgIpc) is 2.34. The lowest BCUT2D eigenvalue weighted by Gasteiger charge is -2.06. The Morgan fingerprint density at radius 3 is 2.67 bits per heavy atom. The molecule has 0 spiro atoms. The van der Waals surface area contributed by atoms with Crippen LogP contribution in [0.2, 0.25) is 0 Å². The molecule has 9 heavy (non-hydrogen) atoms. The second-order valence-electron chi connectivity index (χ2n) is 1.72.